The summed E-state index contributed by atoms with van der Waals surface area (Å²) in [5, 5.41) is 3.44. The van der Waals surface area contributed by atoms with E-state index in [9.17, 15) is 0 Å². The highest BCUT2D eigenvalue weighted by Gasteiger charge is 2.05. The number of imidazole rings is 1. The van der Waals surface area contributed by atoms with Crippen LogP contribution in [-0.2, 0) is 6.54 Å². The van der Waals surface area contributed by atoms with E-state index in [0.29, 0.717) is 6.54 Å². The van der Waals surface area contributed by atoms with E-state index in [-0.39, 0.29) is 0 Å². The predicted octanol–water partition coefficient (Wildman–Crippen LogP) is 4.17. The Morgan fingerprint density at radius 1 is 1.20 bits per heavy atom. The largest absolute Gasteiger partial charge is 0.379 e. The number of benzene rings is 1. The second kappa shape index (κ2) is 5.54. The minimum absolute atomic E-state index is 0.708. The Balaban J connectivity index is 1.85. The predicted molar refractivity (Wildman–Crippen MR) is 86.9 cm³/mol. The Kier molecular flexibility index (Phi) is 3.76. The summed E-state index contributed by atoms with van der Waals surface area (Å²) in [4.78, 5) is 8.51. The van der Waals surface area contributed by atoms with Crippen LogP contribution in [0.1, 0.15) is 11.3 Å². The molecular weight excluding hydrogens is 384 g/mol. The highest BCUT2D eigenvalue weighted by molar-refractivity contribution is 9.10. The molecule has 0 saturated carbocycles. The maximum absolute atomic E-state index is 4.34. The van der Waals surface area contributed by atoms with Gasteiger partial charge in [-0.2, -0.15) is 0 Å². The van der Waals surface area contributed by atoms with Gasteiger partial charge in [0.2, 0.25) is 0 Å². The standard InChI is InChI=1S/C14H12Br2N4/c1-9-4-10(15)2-3-12(9)17-5-11-6-19-14-7-18-13(16)8-20(11)14/h2-4,6-8,17H,5H2,1H3. The number of hydrogen-bond acceptors (Lipinski definition) is 3. The lowest BCUT2D eigenvalue weighted by Gasteiger charge is -2.09. The van der Waals surface area contributed by atoms with Crippen molar-refractivity contribution in [2.75, 3.05) is 5.32 Å². The van der Waals surface area contributed by atoms with Crippen LogP contribution in [0.25, 0.3) is 5.65 Å². The Morgan fingerprint density at radius 3 is 2.85 bits per heavy atom. The van der Waals surface area contributed by atoms with Crippen LogP contribution in [0, 0.1) is 6.92 Å². The van der Waals surface area contributed by atoms with Gasteiger partial charge >= 0.3 is 0 Å². The van der Waals surface area contributed by atoms with Crippen LogP contribution in [0.4, 0.5) is 5.69 Å². The van der Waals surface area contributed by atoms with Gasteiger partial charge in [-0.3, -0.25) is 4.40 Å². The molecule has 2 heterocycles. The van der Waals surface area contributed by atoms with Gasteiger partial charge in [0.05, 0.1) is 24.6 Å². The monoisotopic (exact) mass is 394 g/mol. The lowest BCUT2D eigenvalue weighted by Crippen LogP contribution is -2.04. The molecule has 0 bridgehead atoms. The Bertz CT molecular complexity index is 767. The highest BCUT2D eigenvalue weighted by Crippen LogP contribution is 2.21. The Morgan fingerprint density at radius 2 is 2.05 bits per heavy atom. The summed E-state index contributed by atoms with van der Waals surface area (Å²) in [5.41, 5.74) is 4.26. The quantitative estimate of drug-likeness (QED) is 0.723. The summed E-state index contributed by atoms with van der Waals surface area (Å²) in [5.74, 6) is 0. The second-order valence-corrected chi connectivity index (χ2v) is 6.23. The van der Waals surface area contributed by atoms with Crippen molar-refractivity contribution in [2.45, 2.75) is 13.5 Å². The van der Waals surface area contributed by atoms with Crippen LogP contribution in [0.2, 0.25) is 0 Å². The van der Waals surface area contributed by atoms with E-state index in [2.05, 4.69) is 66.2 Å². The molecule has 102 valence electrons. The summed E-state index contributed by atoms with van der Waals surface area (Å²) in [7, 11) is 0. The van der Waals surface area contributed by atoms with Crippen molar-refractivity contribution in [3.8, 4) is 0 Å². The normalized spacial score (nSPS) is 10.9. The molecule has 4 nitrogen and oxygen atoms in total. The molecule has 0 unspecified atom stereocenters. The maximum atomic E-state index is 4.34. The zero-order valence-corrected chi connectivity index (χ0v) is 13.9. The molecule has 0 atom stereocenters. The SMILES string of the molecule is Cc1cc(Br)ccc1NCc1cnc2cnc(Br)cn12. The summed E-state index contributed by atoms with van der Waals surface area (Å²) in [6.07, 6.45) is 5.54. The number of halogens is 2. The Labute approximate surface area is 133 Å². The maximum Gasteiger partial charge on any atom is 0.155 e. The molecule has 0 aliphatic heterocycles. The number of nitrogens with zero attached hydrogens (tertiary/aromatic N) is 3. The average molecular weight is 396 g/mol. The first-order valence-electron chi connectivity index (χ1n) is 6.11. The van der Waals surface area contributed by atoms with Gasteiger partial charge in [-0.1, -0.05) is 15.9 Å². The van der Waals surface area contributed by atoms with Crippen molar-refractivity contribution in [1.29, 1.82) is 0 Å². The number of hydrogen-bond donors (Lipinski definition) is 1. The molecule has 2 aromatic heterocycles. The molecule has 0 aliphatic carbocycles. The number of aromatic nitrogens is 3. The fraction of sp³-hybridized carbons (Fsp3) is 0.143. The average Bonchev–Trinajstić information content (AvgIpc) is 2.80. The smallest absolute Gasteiger partial charge is 0.155 e. The molecule has 1 aromatic carbocycles. The van der Waals surface area contributed by atoms with Crippen molar-refractivity contribution in [3.05, 3.63) is 57.1 Å². The van der Waals surface area contributed by atoms with E-state index in [0.717, 1.165) is 26.1 Å². The molecule has 20 heavy (non-hydrogen) atoms. The summed E-state index contributed by atoms with van der Waals surface area (Å²) < 4.78 is 3.91. The highest BCUT2D eigenvalue weighted by atomic mass is 79.9. The third-order valence-electron chi connectivity index (χ3n) is 3.09. The van der Waals surface area contributed by atoms with Gasteiger partial charge in [0.15, 0.2) is 5.65 Å². The van der Waals surface area contributed by atoms with Gasteiger partial charge in [0, 0.05) is 16.4 Å². The molecule has 1 N–H and O–H groups in total. The van der Waals surface area contributed by atoms with Gasteiger partial charge in [0.25, 0.3) is 0 Å². The van der Waals surface area contributed by atoms with Gasteiger partial charge in [-0.05, 0) is 46.6 Å². The first-order chi connectivity index (χ1) is 9.63. The van der Waals surface area contributed by atoms with E-state index in [1.165, 1.54) is 5.56 Å². The molecule has 0 saturated heterocycles. The topological polar surface area (TPSA) is 42.2 Å². The van der Waals surface area contributed by atoms with Crippen molar-refractivity contribution in [2.24, 2.45) is 0 Å². The summed E-state index contributed by atoms with van der Waals surface area (Å²) in [6.45, 7) is 2.79. The Hall–Kier alpha value is -1.40. The van der Waals surface area contributed by atoms with E-state index < -0.39 is 0 Å². The van der Waals surface area contributed by atoms with Crippen molar-refractivity contribution < 1.29 is 0 Å². The van der Waals surface area contributed by atoms with E-state index in [1.54, 1.807) is 6.20 Å². The number of fused-ring (bicyclic) bond motifs is 1. The van der Waals surface area contributed by atoms with Crippen molar-refractivity contribution in [3.63, 3.8) is 0 Å². The van der Waals surface area contributed by atoms with Crippen molar-refractivity contribution >= 4 is 43.2 Å². The zero-order valence-electron chi connectivity index (χ0n) is 10.8. The molecule has 0 fully saturated rings. The van der Waals surface area contributed by atoms with Crippen LogP contribution < -0.4 is 5.32 Å². The molecule has 3 aromatic rings. The summed E-state index contributed by atoms with van der Waals surface area (Å²) in [6, 6.07) is 6.20. The fourth-order valence-corrected chi connectivity index (χ4v) is 2.84. The number of rotatable bonds is 3. The second-order valence-electron chi connectivity index (χ2n) is 4.50. The van der Waals surface area contributed by atoms with Crippen LogP contribution in [0.5, 0.6) is 0 Å². The van der Waals surface area contributed by atoms with Gasteiger partial charge < -0.3 is 5.32 Å². The van der Waals surface area contributed by atoms with Crippen LogP contribution in [0.3, 0.4) is 0 Å². The lowest BCUT2D eigenvalue weighted by molar-refractivity contribution is 0.981. The summed E-state index contributed by atoms with van der Waals surface area (Å²) >= 11 is 6.85. The van der Waals surface area contributed by atoms with E-state index in [4.69, 9.17) is 0 Å². The third kappa shape index (κ3) is 2.71. The van der Waals surface area contributed by atoms with Gasteiger partial charge in [-0.15, -0.1) is 0 Å². The molecule has 0 amide bonds. The molecule has 0 spiro atoms. The molecule has 6 heteroatoms. The lowest BCUT2D eigenvalue weighted by atomic mass is 10.2. The van der Waals surface area contributed by atoms with Crippen LogP contribution in [0.15, 0.2) is 45.9 Å². The van der Waals surface area contributed by atoms with E-state index >= 15 is 0 Å². The third-order valence-corrected chi connectivity index (χ3v) is 3.99. The van der Waals surface area contributed by atoms with Crippen LogP contribution in [-0.4, -0.2) is 14.4 Å². The first kappa shape index (κ1) is 13.6. The molecule has 0 aliphatic rings. The fourth-order valence-electron chi connectivity index (χ4n) is 2.06. The number of aryl methyl sites for hydroxylation is 1. The molecule has 0 radical (unpaired) electrons. The van der Waals surface area contributed by atoms with Gasteiger partial charge in [0.1, 0.15) is 4.60 Å². The molecular formula is C14H12Br2N4. The number of anilines is 1. The minimum atomic E-state index is 0.708. The van der Waals surface area contributed by atoms with Crippen molar-refractivity contribution in [1.82, 2.24) is 14.4 Å². The van der Waals surface area contributed by atoms with Crippen LogP contribution >= 0.6 is 31.9 Å². The number of nitrogens with one attached hydrogen (secondary N) is 1. The van der Waals surface area contributed by atoms with E-state index in [1.807, 2.05) is 22.9 Å². The molecule has 3 rings (SSSR count). The zero-order chi connectivity index (χ0) is 14.1. The minimum Gasteiger partial charge on any atom is -0.379 e. The van der Waals surface area contributed by atoms with Gasteiger partial charge in [-0.25, -0.2) is 9.97 Å². The first-order valence-corrected chi connectivity index (χ1v) is 7.69.